The molecule has 0 aromatic heterocycles. The van der Waals surface area contributed by atoms with Crippen molar-refractivity contribution in [1.82, 2.24) is 4.72 Å². The fraction of sp³-hybridized carbons (Fsp3) is 0.273. The molecule has 1 heterocycles. The minimum atomic E-state index is -3.70. The van der Waals surface area contributed by atoms with Gasteiger partial charge in [-0.15, -0.1) is 6.58 Å². The van der Waals surface area contributed by atoms with E-state index in [0.717, 1.165) is 5.56 Å². The van der Waals surface area contributed by atoms with Crippen LogP contribution >= 0.6 is 0 Å². The van der Waals surface area contributed by atoms with E-state index in [1.165, 1.54) is 0 Å². The molecule has 0 saturated carbocycles. The molecule has 4 nitrogen and oxygen atoms in total. The van der Waals surface area contributed by atoms with Crippen LogP contribution in [0, 0.1) is 5.92 Å². The maximum Gasteiger partial charge on any atom is 0.383 e. The Balaban J connectivity index is 2.51. The molecule has 16 heavy (non-hydrogen) atoms. The molecule has 0 bridgehead atoms. The van der Waals surface area contributed by atoms with Gasteiger partial charge >= 0.3 is 10.3 Å². The zero-order chi connectivity index (χ0) is 11.8. The van der Waals surface area contributed by atoms with Crippen molar-refractivity contribution in [3.63, 3.8) is 0 Å². The Hall–Kier alpha value is -1.33. The lowest BCUT2D eigenvalue weighted by Crippen LogP contribution is -2.39. The van der Waals surface area contributed by atoms with Gasteiger partial charge in [-0.2, -0.15) is 13.1 Å². The summed E-state index contributed by atoms with van der Waals surface area (Å²) in [5.74, 6) is 0.389. The second-order valence-electron chi connectivity index (χ2n) is 3.77. The van der Waals surface area contributed by atoms with E-state index in [2.05, 4.69) is 11.3 Å². The summed E-state index contributed by atoms with van der Waals surface area (Å²) in [6, 6.07) is 6.78. The second-order valence-corrected chi connectivity index (χ2v) is 5.08. The van der Waals surface area contributed by atoms with E-state index in [-0.39, 0.29) is 12.0 Å². The van der Waals surface area contributed by atoms with Gasteiger partial charge in [-0.05, 0) is 12.0 Å². The summed E-state index contributed by atoms with van der Waals surface area (Å²) in [6.45, 7) is 5.59. The van der Waals surface area contributed by atoms with Crippen LogP contribution in [0.1, 0.15) is 18.5 Å². The molecule has 0 radical (unpaired) electrons. The first-order valence-corrected chi connectivity index (χ1v) is 6.37. The van der Waals surface area contributed by atoms with Crippen molar-refractivity contribution in [2.45, 2.75) is 13.0 Å². The van der Waals surface area contributed by atoms with Crippen LogP contribution in [0.2, 0.25) is 0 Å². The molecule has 0 aliphatic carbocycles. The van der Waals surface area contributed by atoms with E-state index in [0.29, 0.717) is 5.75 Å². The number of benzene rings is 1. The summed E-state index contributed by atoms with van der Waals surface area (Å²) in [6.07, 6.45) is 1.72. The van der Waals surface area contributed by atoms with Crippen molar-refractivity contribution in [2.24, 2.45) is 5.92 Å². The largest absolute Gasteiger partial charge is 0.383 e. The molecule has 0 amide bonds. The predicted molar refractivity (Wildman–Crippen MR) is 61.2 cm³/mol. The van der Waals surface area contributed by atoms with Crippen molar-refractivity contribution in [2.75, 3.05) is 0 Å². The highest BCUT2D eigenvalue weighted by atomic mass is 32.2. The monoisotopic (exact) mass is 239 g/mol. The Kier molecular flexibility index (Phi) is 2.73. The van der Waals surface area contributed by atoms with Gasteiger partial charge in [0.25, 0.3) is 0 Å². The predicted octanol–water partition coefficient (Wildman–Crippen LogP) is 1.78. The second kappa shape index (κ2) is 3.92. The fourth-order valence-corrected chi connectivity index (χ4v) is 2.79. The number of rotatable bonds is 2. The Bertz CT molecular complexity index is 510. The van der Waals surface area contributed by atoms with Gasteiger partial charge in [0.2, 0.25) is 0 Å². The van der Waals surface area contributed by atoms with E-state index in [4.69, 9.17) is 4.18 Å². The molecule has 0 saturated heterocycles. The van der Waals surface area contributed by atoms with Gasteiger partial charge in [0.15, 0.2) is 0 Å². The average molecular weight is 239 g/mol. The van der Waals surface area contributed by atoms with Crippen molar-refractivity contribution < 1.29 is 12.6 Å². The van der Waals surface area contributed by atoms with Gasteiger partial charge in [0.05, 0.1) is 6.04 Å². The first-order chi connectivity index (χ1) is 7.53. The van der Waals surface area contributed by atoms with E-state index in [9.17, 15) is 8.42 Å². The molecule has 5 heteroatoms. The lowest BCUT2D eigenvalue weighted by atomic mass is 9.95. The minimum Gasteiger partial charge on any atom is -0.371 e. The molecule has 2 atom stereocenters. The summed E-state index contributed by atoms with van der Waals surface area (Å²) in [5.41, 5.74) is 0.838. The third-order valence-corrected chi connectivity index (χ3v) is 3.56. The smallest absolute Gasteiger partial charge is 0.371 e. The molecular formula is C11H13NO3S. The van der Waals surface area contributed by atoms with Crippen molar-refractivity contribution >= 4 is 10.3 Å². The topological polar surface area (TPSA) is 55.4 Å². The summed E-state index contributed by atoms with van der Waals surface area (Å²) in [5, 5.41) is 0. The third-order valence-electron chi connectivity index (χ3n) is 2.62. The van der Waals surface area contributed by atoms with Crippen LogP contribution < -0.4 is 8.91 Å². The fourth-order valence-electron chi connectivity index (χ4n) is 1.70. The Morgan fingerprint density at radius 2 is 2.19 bits per heavy atom. The van der Waals surface area contributed by atoms with Crippen LogP contribution in [0.5, 0.6) is 5.75 Å². The first-order valence-electron chi connectivity index (χ1n) is 4.97. The van der Waals surface area contributed by atoms with E-state index in [1.54, 1.807) is 18.2 Å². The number of hydrogen-bond donors (Lipinski definition) is 1. The molecule has 0 spiro atoms. The zero-order valence-corrected chi connectivity index (χ0v) is 9.70. The van der Waals surface area contributed by atoms with Gasteiger partial charge in [-0.1, -0.05) is 31.2 Å². The molecule has 2 rings (SSSR count). The maximum absolute atomic E-state index is 11.5. The highest BCUT2D eigenvalue weighted by Crippen LogP contribution is 2.35. The van der Waals surface area contributed by atoms with Gasteiger partial charge in [-0.3, -0.25) is 0 Å². The Labute approximate surface area is 95.2 Å². The van der Waals surface area contributed by atoms with Crippen LogP contribution in [-0.2, 0) is 10.3 Å². The van der Waals surface area contributed by atoms with Crippen LogP contribution in [0.25, 0.3) is 0 Å². The summed E-state index contributed by atoms with van der Waals surface area (Å²) < 4.78 is 30.3. The third kappa shape index (κ3) is 1.96. The van der Waals surface area contributed by atoms with Gasteiger partial charge in [0, 0.05) is 5.56 Å². The zero-order valence-electron chi connectivity index (χ0n) is 8.88. The van der Waals surface area contributed by atoms with E-state index in [1.807, 2.05) is 19.1 Å². The van der Waals surface area contributed by atoms with Crippen molar-refractivity contribution in [3.8, 4) is 5.75 Å². The Morgan fingerprint density at radius 1 is 1.50 bits per heavy atom. The standard InChI is InChI=1S/C11H13NO3S/c1-3-8(2)11-9-6-4-5-7-10(9)15-16(13,14)12-11/h3-8,11-12H,1H2,2H3/t8-,11+/m1/s1. The molecule has 1 N–H and O–H groups in total. The van der Waals surface area contributed by atoms with Gasteiger partial charge in [0.1, 0.15) is 5.75 Å². The molecule has 1 aromatic carbocycles. The van der Waals surface area contributed by atoms with Crippen molar-refractivity contribution in [3.05, 3.63) is 42.5 Å². The summed E-state index contributed by atoms with van der Waals surface area (Å²) >= 11 is 0. The average Bonchev–Trinajstić information content (AvgIpc) is 2.25. The molecule has 86 valence electrons. The number of para-hydroxylation sites is 1. The quantitative estimate of drug-likeness (QED) is 0.800. The summed E-state index contributed by atoms with van der Waals surface area (Å²) in [7, 11) is -3.70. The molecule has 1 aliphatic heterocycles. The van der Waals surface area contributed by atoms with Gasteiger partial charge in [-0.25, -0.2) is 0 Å². The maximum atomic E-state index is 11.5. The van der Waals surface area contributed by atoms with Crippen LogP contribution in [0.15, 0.2) is 36.9 Å². The lowest BCUT2D eigenvalue weighted by molar-refractivity contribution is 0.401. The minimum absolute atomic E-state index is 0.000162. The highest BCUT2D eigenvalue weighted by Gasteiger charge is 2.32. The molecule has 1 aliphatic rings. The van der Waals surface area contributed by atoms with Gasteiger partial charge < -0.3 is 4.18 Å². The van der Waals surface area contributed by atoms with Crippen LogP contribution in [0.4, 0.5) is 0 Å². The van der Waals surface area contributed by atoms with Crippen LogP contribution in [0.3, 0.4) is 0 Å². The van der Waals surface area contributed by atoms with Crippen molar-refractivity contribution in [1.29, 1.82) is 0 Å². The molecular weight excluding hydrogens is 226 g/mol. The number of hydrogen-bond acceptors (Lipinski definition) is 3. The Morgan fingerprint density at radius 3 is 2.88 bits per heavy atom. The first kappa shape index (κ1) is 11.2. The van der Waals surface area contributed by atoms with E-state index >= 15 is 0 Å². The molecule has 0 unspecified atom stereocenters. The van der Waals surface area contributed by atoms with E-state index < -0.39 is 10.3 Å². The highest BCUT2D eigenvalue weighted by molar-refractivity contribution is 7.85. The van der Waals surface area contributed by atoms with Crippen LogP contribution in [-0.4, -0.2) is 8.42 Å². The summed E-state index contributed by atoms with van der Waals surface area (Å²) in [4.78, 5) is 0. The molecule has 0 fully saturated rings. The molecule has 1 aromatic rings. The SMILES string of the molecule is C=C[C@@H](C)[C@@H]1NS(=O)(=O)Oc2ccccc21. The number of nitrogens with one attached hydrogen (secondary N) is 1. The number of fused-ring (bicyclic) bond motifs is 1. The lowest BCUT2D eigenvalue weighted by Gasteiger charge is -2.28. The normalized spacial score (nSPS) is 23.9.